The minimum Gasteiger partial charge on any atom is -0.504 e. The molecule has 0 spiro atoms. The molecule has 1 aliphatic rings. The number of benzene rings is 1. The van der Waals surface area contributed by atoms with E-state index in [2.05, 4.69) is 0 Å². The average molecular weight is 532 g/mol. The van der Waals surface area contributed by atoms with Crippen molar-refractivity contribution in [3.63, 3.8) is 0 Å². The summed E-state index contributed by atoms with van der Waals surface area (Å²) >= 11 is 0. The first-order valence-electron chi connectivity index (χ1n) is 10.7. The van der Waals surface area contributed by atoms with E-state index >= 15 is 0 Å². The number of ketones is 2. The van der Waals surface area contributed by atoms with E-state index in [1.807, 2.05) is 0 Å². The third-order valence-corrected chi connectivity index (χ3v) is 5.83. The Hall–Kier alpha value is -2.99. The number of aliphatic hydroxyl groups excluding tert-OH is 7. The zero-order chi connectivity index (χ0) is 28.2. The molecule has 1 heterocycles. The fraction of sp³-hybridized carbons (Fsp3) is 0.500. The second-order valence-corrected chi connectivity index (χ2v) is 8.23. The minimum atomic E-state index is -3.75. The number of hydrogen-bond acceptors (Lipinski definition) is 14. The number of methoxy groups -OCH3 is 1. The third-order valence-electron chi connectivity index (χ3n) is 5.83. The van der Waals surface area contributed by atoms with Crippen molar-refractivity contribution >= 4 is 23.6 Å². The first-order chi connectivity index (χ1) is 17.2. The molecule has 1 saturated heterocycles. The zero-order valence-electron chi connectivity index (χ0n) is 19.2. The number of phenols is 1. The van der Waals surface area contributed by atoms with Gasteiger partial charge in [0, 0.05) is 0 Å². The SMILES string of the molecule is COc1cc(/C=C/C(=O)[C@](O)(C(=O)C2O[C@H](C(=O)O)[C@@H](O)[C@H](O)[C@H]2O)[C@@H](O)[C@H](O)[C@H](O)CO)ccc1O. The zero-order valence-corrected chi connectivity index (χ0v) is 19.2. The van der Waals surface area contributed by atoms with E-state index in [0.29, 0.717) is 6.08 Å². The Labute approximate surface area is 208 Å². The van der Waals surface area contributed by atoms with Gasteiger partial charge in [-0.1, -0.05) is 12.1 Å². The van der Waals surface area contributed by atoms with Crippen molar-refractivity contribution in [3.8, 4) is 11.5 Å². The smallest absolute Gasteiger partial charge is 0.335 e. The Morgan fingerprint density at radius 1 is 1.08 bits per heavy atom. The van der Waals surface area contributed by atoms with Crippen LogP contribution in [0.5, 0.6) is 11.5 Å². The summed E-state index contributed by atoms with van der Waals surface area (Å²) in [6.07, 6.45) is -17.8. The maximum absolute atomic E-state index is 13.3. The Balaban J connectivity index is 2.54. The van der Waals surface area contributed by atoms with E-state index in [-0.39, 0.29) is 17.1 Å². The lowest BCUT2D eigenvalue weighted by molar-refractivity contribution is -0.234. The molecule has 1 aromatic rings. The molecule has 1 unspecified atom stereocenters. The summed E-state index contributed by atoms with van der Waals surface area (Å²) in [4.78, 5) is 37.7. The average Bonchev–Trinajstić information content (AvgIpc) is 2.88. The number of carboxylic acid groups (broad SMARTS) is 1. The summed E-state index contributed by atoms with van der Waals surface area (Å²) < 4.78 is 9.74. The van der Waals surface area contributed by atoms with Gasteiger partial charge >= 0.3 is 5.97 Å². The first-order valence-corrected chi connectivity index (χ1v) is 10.7. The van der Waals surface area contributed by atoms with Crippen LogP contribution < -0.4 is 4.74 Å². The Morgan fingerprint density at radius 2 is 1.68 bits per heavy atom. The van der Waals surface area contributed by atoms with Crippen LogP contribution in [-0.4, -0.2) is 137 Å². The van der Waals surface area contributed by atoms with E-state index < -0.39 is 78.6 Å². The van der Waals surface area contributed by atoms with Gasteiger partial charge in [0.25, 0.3) is 0 Å². The van der Waals surface area contributed by atoms with Crippen LogP contribution in [0.25, 0.3) is 6.08 Å². The van der Waals surface area contributed by atoms with Crippen LogP contribution in [-0.2, 0) is 19.1 Å². The molecule has 37 heavy (non-hydrogen) atoms. The number of rotatable bonds is 11. The molecule has 0 saturated carbocycles. The number of ether oxygens (including phenoxy) is 2. The number of Topliss-reactive ketones (excluding diaryl/α,β-unsaturated/α-hetero) is 1. The predicted molar refractivity (Wildman–Crippen MR) is 118 cm³/mol. The molecule has 10 N–H and O–H groups in total. The lowest BCUT2D eigenvalue weighted by Crippen LogP contribution is -2.69. The number of aliphatic hydroxyl groups is 8. The van der Waals surface area contributed by atoms with Gasteiger partial charge in [0.15, 0.2) is 23.4 Å². The van der Waals surface area contributed by atoms with Gasteiger partial charge in [-0.15, -0.1) is 0 Å². The first kappa shape index (κ1) is 30.2. The van der Waals surface area contributed by atoms with Crippen LogP contribution in [0.4, 0.5) is 0 Å². The molecule has 1 aliphatic heterocycles. The largest absolute Gasteiger partial charge is 0.504 e. The van der Waals surface area contributed by atoms with Crippen LogP contribution in [0, 0.1) is 0 Å². The van der Waals surface area contributed by atoms with Gasteiger partial charge < -0.3 is 60.5 Å². The van der Waals surface area contributed by atoms with Crippen molar-refractivity contribution in [1.29, 1.82) is 0 Å². The highest BCUT2D eigenvalue weighted by molar-refractivity contribution is 6.18. The summed E-state index contributed by atoms with van der Waals surface area (Å²) in [5.74, 6) is -5.76. The van der Waals surface area contributed by atoms with Crippen molar-refractivity contribution in [2.75, 3.05) is 13.7 Å². The predicted octanol–water partition coefficient (Wildman–Crippen LogP) is -4.71. The maximum atomic E-state index is 13.3. The van der Waals surface area contributed by atoms with Crippen molar-refractivity contribution in [2.24, 2.45) is 0 Å². The molecule has 0 bridgehead atoms. The third kappa shape index (κ3) is 5.96. The van der Waals surface area contributed by atoms with Crippen LogP contribution in [0.2, 0.25) is 0 Å². The van der Waals surface area contributed by atoms with E-state index in [0.717, 1.165) is 6.08 Å². The molecular formula is C22H28O15. The van der Waals surface area contributed by atoms with Crippen molar-refractivity contribution in [3.05, 3.63) is 29.8 Å². The Morgan fingerprint density at radius 3 is 2.22 bits per heavy atom. The van der Waals surface area contributed by atoms with Crippen molar-refractivity contribution < 1.29 is 74.9 Å². The molecule has 15 nitrogen and oxygen atoms in total. The van der Waals surface area contributed by atoms with E-state index in [1.165, 1.54) is 25.3 Å². The van der Waals surface area contributed by atoms with Crippen LogP contribution in [0.3, 0.4) is 0 Å². The van der Waals surface area contributed by atoms with Gasteiger partial charge in [0.1, 0.15) is 42.7 Å². The lowest BCUT2D eigenvalue weighted by Gasteiger charge is -2.42. The summed E-state index contributed by atoms with van der Waals surface area (Å²) in [6, 6.07) is 3.71. The van der Waals surface area contributed by atoms with Gasteiger partial charge in [-0.25, -0.2) is 4.79 Å². The summed E-state index contributed by atoms with van der Waals surface area (Å²) in [6.45, 7) is -1.19. The topological polar surface area (TPSA) is 272 Å². The quantitative estimate of drug-likeness (QED) is 0.0947. The number of aliphatic carboxylic acids is 1. The van der Waals surface area contributed by atoms with Crippen molar-refractivity contribution in [1.82, 2.24) is 0 Å². The number of hydrogen-bond donors (Lipinski definition) is 10. The summed E-state index contributed by atoms with van der Waals surface area (Å²) in [5, 5.41) is 99.4. The summed E-state index contributed by atoms with van der Waals surface area (Å²) in [5.41, 5.74) is -3.58. The molecule has 206 valence electrons. The van der Waals surface area contributed by atoms with Gasteiger partial charge in [-0.05, 0) is 23.8 Å². The highest BCUT2D eigenvalue weighted by Crippen LogP contribution is 2.30. The minimum absolute atomic E-state index is 0.0200. The molecule has 2 rings (SSSR count). The number of carbonyl (C=O) groups is 3. The number of carboxylic acids is 1. The van der Waals surface area contributed by atoms with Crippen LogP contribution in [0.15, 0.2) is 24.3 Å². The van der Waals surface area contributed by atoms with E-state index in [4.69, 9.17) is 14.6 Å². The normalized spacial score (nSPS) is 28.2. The lowest BCUT2D eigenvalue weighted by atomic mass is 9.78. The monoisotopic (exact) mass is 532 g/mol. The molecule has 1 fully saturated rings. The van der Waals surface area contributed by atoms with Gasteiger partial charge in [-0.3, -0.25) is 9.59 Å². The fourth-order valence-electron chi connectivity index (χ4n) is 3.59. The molecule has 0 radical (unpaired) electrons. The van der Waals surface area contributed by atoms with Gasteiger partial charge in [0.05, 0.1) is 13.7 Å². The fourth-order valence-corrected chi connectivity index (χ4v) is 3.59. The van der Waals surface area contributed by atoms with Gasteiger partial charge in [-0.2, -0.15) is 0 Å². The molecule has 1 aromatic carbocycles. The van der Waals surface area contributed by atoms with Crippen LogP contribution >= 0.6 is 0 Å². The van der Waals surface area contributed by atoms with Gasteiger partial charge in [0.2, 0.25) is 11.4 Å². The Bertz CT molecular complexity index is 1030. The second-order valence-electron chi connectivity index (χ2n) is 8.23. The highest BCUT2D eigenvalue weighted by atomic mass is 16.6. The van der Waals surface area contributed by atoms with Crippen molar-refractivity contribution in [2.45, 2.75) is 54.4 Å². The molecule has 15 heteroatoms. The summed E-state index contributed by atoms with van der Waals surface area (Å²) in [7, 11) is 1.24. The highest BCUT2D eigenvalue weighted by Gasteiger charge is 2.59. The van der Waals surface area contributed by atoms with Crippen LogP contribution in [0.1, 0.15) is 5.56 Å². The second kappa shape index (κ2) is 12.0. The molecule has 0 aliphatic carbocycles. The Kier molecular flexibility index (Phi) is 9.84. The number of phenolic OH excluding ortho intramolecular Hbond substituents is 1. The molecular weight excluding hydrogens is 504 g/mol. The number of carbonyl (C=O) groups excluding carboxylic acids is 2. The molecule has 0 aromatic heterocycles. The standard InChI is InChI=1S/C22H28O15/c1-36-11-6-8(2-4-9(11)24)3-5-12(26)22(35,19(31)13(27)10(25)7-23)20(32)17-15(29)14(28)16(30)18(37-17)21(33)34/h2-6,10,13-19,23-25,27-31,35H,7H2,1H3,(H,33,34)/b5-3+/t10-,13-,14-,15-,16+,17?,18+,19+,22-/m1/s1. The number of aromatic hydroxyl groups is 1. The molecule has 0 amide bonds. The van der Waals surface area contributed by atoms with E-state index in [1.54, 1.807) is 0 Å². The van der Waals surface area contributed by atoms with E-state index in [9.17, 15) is 60.3 Å². The maximum Gasteiger partial charge on any atom is 0.335 e. The molecule has 9 atom stereocenters.